The number of nitrogens with zero attached hydrogens (tertiary/aromatic N) is 1. The van der Waals surface area contributed by atoms with Gasteiger partial charge in [-0.1, -0.05) is 30.2 Å². The van der Waals surface area contributed by atoms with Crippen LogP contribution in [0, 0.1) is 6.92 Å². The molecular weight excluding hydrogens is 262 g/mol. The Morgan fingerprint density at radius 2 is 2.05 bits per heavy atom. The van der Waals surface area contributed by atoms with Crippen LogP contribution in [0.2, 0.25) is 5.02 Å². The second-order valence-corrected chi connectivity index (χ2v) is 5.65. The molecule has 0 bridgehead atoms. The van der Waals surface area contributed by atoms with Gasteiger partial charge in [0.1, 0.15) is 6.04 Å². The Balaban J connectivity index is 2.11. The van der Waals surface area contributed by atoms with E-state index in [2.05, 4.69) is 4.90 Å². The van der Waals surface area contributed by atoms with Crippen molar-refractivity contribution in [1.82, 2.24) is 4.90 Å². The zero-order valence-corrected chi connectivity index (χ0v) is 12.0. The maximum absolute atomic E-state index is 11.5. The van der Waals surface area contributed by atoms with E-state index in [1.54, 1.807) is 0 Å². The fourth-order valence-corrected chi connectivity index (χ4v) is 2.79. The molecule has 0 radical (unpaired) electrons. The molecule has 19 heavy (non-hydrogen) atoms. The Morgan fingerprint density at radius 3 is 2.63 bits per heavy atom. The summed E-state index contributed by atoms with van der Waals surface area (Å²) in [5.74, 6) is -0.737. The van der Waals surface area contributed by atoms with Crippen LogP contribution < -0.4 is 0 Å². The van der Waals surface area contributed by atoms with Crippen LogP contribution in [0.4, 0.5) is 0 Å². The monoisotopic (exact) mass is 281 g/mol. The lowest BCUT2D eigenvalue weighted by Crippen LogP contribution is -2.45. The van der Waals surface area contributed by atoms with E-state index in [4.69, 9.17) is 11.6 Å². The van der Waals surface area contributed by atoms with Crippen LogP contribution in [-0.4, -0.2) is 35.1 Å². The van der Waals surface area contributed by atoms with Gasteiger partial charge in [-0.3, -0.25) is 9.69 Å². The van der Waals surface area contributed by atoms with E-state index in [0.29, 0.717) is 11.4 Å². The lowest BCUT2D eigenvalue weighted by atomic mass is 10.0. The van der Waals surface area contributed by atoms with Crippen molar-refractivity contribution in [2.45, 2.75) is 38.6 Å². The van der Waals surface area contributed by atoms with Gasteiger partial charge in [-0.25, -0.2) is 0 Å². The van der Waals surface area contributed by atoms with E-state index >= 15 is 0 Å². The van der Waals surface area contributed by atoms with E-state index in [1.165, 1.54) is 6.42 Å². The van der Waals surface area contributed by atoms with Crippen molar-refractivity contribution in [1.29, 1.82) is 0 Å². The number of hydrogen-bond acceptors (Lipinski definition) is 2. The second kappa shape index (κ2) is 6.40. The number of carboxylic acids is 1. The number of aryl methyl sites for hydroxylation is 1. The average molecular weight is 282 g/mol. The molecule has 0 spiro atoms. The number of hydrogen-bond donors (Lipinski definition) is 1. The number of carboxylic acid groups (broad SMARTS) is 1. The molecule has 1 heterocycles. The lowest BCUT2D eigenvalue weighted by Gasteiger charge is -2.32. The number of rotatable bonds is 4. The van der Waals surface area contributed by atoms with E-state index in [-0.39, 0.29) is 0 Å². The minimum absolute atomic E-state index is 0.431. The van der Waals surface area contributed by atoms with E-state index in [1.807, 2.05) is 25.1 Å². The predicted octanol–water partition coefficient (Wildman–Crippen LogP) is 3.13. The third-order valence-corrected chi connectivity index (χ3v) is 4.19. The highest BCUT2D eigenvalue weighted by atomic mass is 35.5. The van der Waals surface area contributed by atoms with Crippen LogP contribution >= 0.6 is 11.6 Å². The van der Waals surface area contributed by atoms with Crippen molar-refractivity contribution in [2.75, 3.05) is 13.1 Å². The molecule has 0 amide bonds. The maximum atomic E-state index is 11.5. The average Bonchev–Trinajstić information content (AvgIpc) is 2.40. The van der Waals surface area contributed by atoms with Crippen molar-refractivity contribution in [3.8, 4) is 0 Å². The van der Waals surface area contributed by atoms with Crippen molar-refractivity contribution >= 4 is 17.6 Å². The Morgan fingerprint density at radius 1 is 1.37 bits per heavy atom. The van der Waals surface area contributed by atoms with Crippen LogP contribution in [0.1, 0.15) is 30.4 Å². The summed E-state index contributed by atoms with van der Waals surface area (Å²) in [5.41, 5.74) is 2.02. The van der Waals surface area contributed by atoms with Gasteiger partial charge in [0.15, 0.2) is 0 Å². The molecule has 0 saturated carbocycles. The summed E-state index contributed by atoms with van der Waals surface area (Å²) < 4.78 is 0. The first kappa shape index (κ1) is 14.4. The molecule has 0 unspecified atom stereocenters. The molecule has 1 aliphatic heterocycles. The summed E-state index contributed by atoms with van der Waals surface area (Å²) in [6.45, 7) is 3.72. The molecule has 1 aromatic carbocycles. The lowest BCUT2D eigenvalue weighted by molar-refractivity contribution is -0.143. The molecule has 104 valence electrons. The zero-order chi connectivity index (χ0) is 13.8. The third-order valence-electron chi connectivity index (χ3n) is 3.78. The van der Waals surface area contributed by atoms with Crippen LogP contribution in [0.3, 0.4) is 0 Å². The van der Waals surface area contributed by atoms with Gasteiger partial charge in [-0.05, 0) is 56.5 Å². The second-order valence-electron chi connectivity index (χ2n) is 5.24. The van der Waals surface area contributed by atoms with Crippen LogP contribution in [0.15, 0.2) is 18.2 Å². The van der Waals surface area contributed by atoms with Crippen LogP contribution in [0.5, 0.6) is 0 Å². The molecule has 0 aromatic heterocycles. The fraction of sp³-hybridized carbons (Fsp3) is 0.533. The number of halogens is 1. The van der Waals surface area contributed by atoms with Crippen molar-refractivity contribution in [3.63, 3.8) is 0 Å². The van der Waals surface area contributed by atoms with Gasteiger partial charge in [0.05, 0.1) is 0 Å². The molecule has 4 heteroatoms. The minimum atomic E-state index is -0.737. The molecule has 0 aliphatic carbocycles. The molecule has 2 rings (SSSR count). The highest BCUT2D eigenvalue weighted by Crippen LogP contribution is 2.20. The zero-order valence-electron chi connectivity index (χ0n) is 11.2. The van der Waals surface area contributed by atoms with Gasteiger partial charge >= 0.3 is 5.97 Å². The smallest absolute Gasteiger partial charge is 0.321 e. The molecule has 1 fully saturated rings. The standard InChI is InChI=1S/C15H20ClNO2/c1-11-5-6-12(9-13(11)16)10-14(15(18)19)17-7-3-2-4-8-17/h5-6,9,14H,2-4,7-8,10H2,1H3,(H,18,19)/t14-/m0/s1. The van der Waals surface area contributed by atoms with Gasteiger partial charge in [-0.2, -0.15) is 0 Å². The van der Waals surface area contributed by atoms with Gasteiger partial charge < -0.3 is 5.11 Å². The number of likely N-dealkylation sites (tertiary alicyclic amines) is 1. The SMILES string of the molecule is Cc1ccc(C[C@@H](C(=O)O)N2CCCCC2)cc1Cl. The largest absolute Gasteiger partial charge is 0.480 e. The third kappa shape index (κ3) is 3.71. The molecular formula is C15H20ClNO2. The van der Waals surface area contributed by atoms with E-state index in [9.17, 15) is 9.90 Å². The summed E-state index contributed by atoms with van der Waals surface area (Å²) >= 11 is 6.10. The summed E-state index contributed by atoms with van der Waals surface area (Å²) in [6, 6.07) is 5.38. The highest BCUT2D eigenvalue weighted by molar-refractivity contribution is 6.31. The Labute approximate surface area is 119 Å². The van der Waals surface area contributed by atoms with E-state index in [0.717, 1.165) is 37.1 Å². The van der Waals surface area contributed by atoms with Gasteiger partial charge in [0.25, 0.3) is 0 Å². The van der Waals surface area contributed by atoms with Crippen LogP contribution in [-0.2, 0) is 11.2 Å². The minimum Gasteiger partial charge on any atom is -0.480 e. The highest BCUT2D eigenvalue weighted by Gasteiger charge is 2.26. The quantitative estimate of drug-likeness (QED) is 0.922. The predicted molar refractivity (Wildman–Crippen MR) is 76.7 cm³/mol. The molecule has 1 N–H and O–H groups in total. The van der Waals surface area contributed by atoms with Gasteiger partial charge in [-0.15, -0.1) is 0 Å². The normalized spacial score (nSPS) is 18.2. The number of carbonyl (C=O) groups is 1. The molecule has 1 atom stereocenters. The first-order chi connectivity index (χ1) is 9.08. The molecule has 1 aliphatic rings. The number of aliphatic carboxylic acids is 1. The van der Waals surface area contributed by atoms with Gasteiger partial charge in [0, 0.05) is 5.02 Å². The van der Waals surface area contributed by atoms with Crippen molar-refractivity contribution < 1.29 is 9.90 Å². The Kier molecular flexibility index (Phi) is 4.83. The number of benzene rings is 1. The summed E-state index contributed by atoms with van der Waals surface area (Å²) in [5, 5.41) is 10.1. The van der Waals surface area contributed by atoms with Crippen LogP contribution in [0.25, 0.3) is 0 Å². The summed E-state index contributed by atoms with van der Waals surface area (Å²) in [6.07, 6.45) is 3.92. The molecule has 1 aromatic rings. The van der Waals surface area contributed by atoms with Crippen molar-refractivity contribution in [3.05, 3.63) is 34.3 Å². The number of piperidine rings is 1. The molecule has 3 nitrogen and oxygen atoms in total. The fourth-order valence-electron chi connectivity index (χ4n) is 2.59. The van der Waals surface area contributed by atoms with Gasteiger partial charge in [0.2, 0.25) is 0 Å². The van der Waals surface area contributed by atoms with Crippen molar-refractivity contribution in [2.24, 2.45) is 0 Å². The van der Waals surface area contributed by atoms with E-state index < -0.39 is 12.0 Å². The Bertz CT molecular complexity index is 455. The first-order valence-corrected chi connectivity index (χ1v) is 7.17. The topological polar surface area (TPSA) is 40.5 Å². The first-order valence-electron chi connectivity index (χ1n) is 6.80. The maximum Gasteiger partial charge on any atom is 0.321 e. The summed E-state index contributed by atoms with van der Waals surface area (Å²) in [7, 11) is 0. The molecule has 1 saturated heterocycles. The Hall–Kier alpha value is -1.06. The summed E-state index contributed by atoms with van der Waals surface area (Å²) in [4.78, 5) is 13.6.